The van der Waals surface area contributed by atoms with E-state index in [-0.39, 0.29) is 17.4 Å². The van der Waals surface area contributed by atoms with Gasteiger partial charge in [0.05, 0.1) is 0 Å². The highest BCUT2D eigenvalue weighted by molar-refractivity contribution is 5.76. The molecule has 0 saturated heterocycles. The maximum absolute atomic E-state index is 11.5. The Morgan fingerprint density at radius 3 is 2.61 bits per heavy atom. The van der Waals surface area contributed by atoms with Gasteiger partial charge in [-0.1, -0.05) is 19.9 Å². The van der Waals surface area contributed by atoms with E-state index in [9.17, 15) is 9.90 Å². The van der Waals surface area contributed by atoms with Crippen molar-refractivity contribution >= 4 is 5.91 Å². The van der Waals surface area contributed by atoms with Crippen LogP contribution in [0.3, 0.4) is 0 Å². The molecule has 1 amide bonds. The minimum atomic E-state index is -0.146. The standard InChI is InChI=1S/C14H21NO3/c1-10(2)7-8-15-14(18)6-4-11-3-5-12(16)13(17)9-11/h3,5,9-10,16-17H,4,6-8H2,1-2H3,(H,15,18). The smallest absolute Gasteiger partial charge is 0.220 e. The Morgan fingerprint density at radius 1 is 1.28 bits per heavy atom. The van der Waals surface area contributed by atoms with Crippen LogP contribution in [0.2, 0.25) is 0 Å². The van der Waals surface area contributed by atoms with Crippen LogP contribution in [0.4, 0.5) is 0 Å². The summed E-state index contributed by atoms with van der Waals surface area (Å²) in [7, 11) is 0. The predicted octanol–water partition coefficient (Wildman–Crippen LogP) is 2.19. The van der Waals surface area contributed by atoms with Crippen LogP contribution in [0.1, 0.15) is 32.3 Å². The zero-order chi connectivity index (χ0) is 13.5. The van der Waals surface area contributed by atoms with E-state index in [2.05, 4.69) is 19.2 Å². The zero-order valence-electron chi connectivity index (χ0n) is 10.9. The number of carbonyl (C=O) groups is 1. The van der Waals surface area contributed by atoms with E-state index in [0.29, 0.717) is 25.3 Å². The summed E-state index contributed by atoms with van der Waals surface area (Å²) < 4.78 is 0. The normalized spacial score (nSPS) is 10.6. The number of amides is 1. The highest BCUT2D eigenvalue weighted by atomic mass is 16.3. The molecule has 0 aliphatic rings. The Bertz CT molecular complexity index is 402. The van der Waals surface area contributed by atoms with E-state index < -0.39 is 0 Å². The summed E-state index contributed by atoms with van der Waals surface area (Å²) in [6.45, 7) is 4.94. The molecule has 0 unspecified atom stereocenters. The molecule has 1 aromatic carbocycles. The van der Waals surface area contributed by atoms with Crippen molar-refractivity contribution < 1.29 is 15.0 Å². The fourth-order valence-corrected chi connectivity index (χ4v) is 1.57. The first-order valence-electron chi connectivity index (χ1n) is 6.26. The fourth-order valence-electron chi connectivity index (χ4n) is 1.57. The van der Waals surface area contributed by atoms with Crippen LogP contribution in [0.25, 0.3) is 0 Å². The minimum absolute atomic E-state index is 0.0169. The lowest BCUT2D eigenvalue weighted by Crippen LogP contribution is -2.25. The maximum atomic E-state index is 11.5. The fraction of sp³-hybridized carbons (Fsp3) is 0.500. The van der Waals surface area contributed by atoms with Crippen molar-refractivity contribution in [3.8, 4) is 11.5 Å². The number of carbonyl (C=O) groups excluding carboxylic acids is 1. The quantitative estimate of drug-likeness (QED) is 0.679. The monoisotopic (exact) mass is 251 g/mol. The number of phenolic OH excluding ortho intramolecular Hbond substituents is 2. The zero-order valence-corrected chi connectivity index (χ0v) is 10.9. The van der Waals surface area contributed by atoms with E-state index in [1.54, 1.807) is 6.07 Å². The molecule has 0 saturated carbocycles. The lowest BCUT2D eigenvalue weighted by molar-refractivity contribution is -0.121. The molecule has 0 heterocycles. The molecular formula is C14H21NO3. The van der Waals surface area contributed by atoms with Gasteiger partial charge < -0.3 is 15.5 Å². The summed E-state index contributed by atoms with van der Waals surface area (Å²) in [4.78, 5) is 11.5. The summed E-state index contributed by atoms with van der Waals surface area (Å²) >= 11 is 0. The number of hydrogen-bond acceptors (Lipinski definition) is 3. The van der Waals surface area contributed by atoms with Crippen molar-refractivity contribution in [2.75, 3.05) is 6.54 Å². The van der Waals surface area contributed by atoms with Gasteiger partial charge in [-0.05, 0) is 36.5 Å². The van der Waals surface area contributed by atoms with Crippen molar-refractivity contribution in [3.05, 3.63) is 23.8 Å². The molecule has 4 nitrogen and oxygen atoms in total. The highest BCUT2D eigenvalue weighted by Gasteiger charge is 2.05. The van der Waals surface area contributed by atoms with Crippen molar-refractivity contribution in [1.29, 1.82) is 0 Å². The summed E-state index contributed by atoms with van der Waals surface area (Å²) in [6, 6.07) is 4.62. The summed E-state index contributed by atoms with van der Waals surface area (Å²) in [5.41, 5.74) is 0.837. The number of aromatic hydroxyl groups is 2. The number of rotatable bonds is 6. The maximum Gasteiger partial charge on any atom is 0.220 e. The second kappa shape index (κ2) is 6.89. The van der Waals surface area contributed by atoms with Crippen molar-refractivity contribution in [1.82, 2.24) is 5.32 Å². The topological polar surface area (TPSA) is 69.6 Å². The Balaban J connectivity index is 2.31. The molecule has 4 heteroatoms. The first-order valence-corrected chi connectivity index (χ1v) is 6.26. The molecule has 18 heavy (non-hydrogen) atoms. The first kappa shape index (κ1) is 14.4. The van der Waals surface area contributed by atoms with Crippen LogP contribution >= 0.6 is 0 Å². The first-order chi connectivity index (χ1) is 8.49. The predicted molar refractivity (Wildman–Crippen MR) is 70.6 cm³/mol. The Hall–Kier alpha value is -1.71. The van der Waals surface area contributed by atoms with Crippen molar-refractivity contribution in [2.45, 2.75) is 33.1 Å². The molecule has 0 radical (unpaired) electrons. The molecule has 0 aromatic heterocycles. The lowest BCUT2D eigenvalue weighted by Gasteiger charge is -2.07. The van der Waals surface area contributed by atoms with Gasteiger partial charge >= 0.3 is 0 Å². The van der Waals surface area contributed by atoms with Crippen LogP contribution in [0.15, 0.2) is 18.2 Å². The SMILES string of the molecule is CC(C)CCNC(=O)CCc1ccc(O)c(O)c1. The van der Waals surface area contributed by atoms with Crippen LogP contribution in [0.5, 0.6) is 11.5 Å². The van der Waals surface area contributed by atoms with Gasteiger partial charge in [-0.15, -0.1) is 0 Å². The number of phenols is 2. The van der Waals surface area contributed by atoms with Crippen molar-refractivity contribution in [2.24, 2.45) is 5.92 Å². The van der Waals surface area contributed by atoms with E-state index in [1.165, 1.54) is 12.1 Å². The number of hydrogen-bond donors (Lipinski definition) is 3. The Labute approximate surface area is 108 Å². The molecule has 0 bridgehead atoms. The molecule has 0 fully saturated rings. The highest BCUT2D eigenvalue weighted by Crippen LogP contribution is 2.25. The van der Waals surface area contributed by atoms with E-state index in [4.69, 9.17) is 5.11 Å². The van der Waals surface area contributed by atoms with Gasteiger partial charge in [0.2, 0.25) is 5.91 Å². The summed E-state index contributed by atoms with van der Waals surface area (Å²) in [6.07, 6.45) is 1.93. The van der Waals surface area contributed by atoms with Gasteiger partial charge in [-0.2, -0.15) is 0 Å². The van der Waals surface area contributed by atoms with E-state index in [1.807, 2.05) is 0 Å². The van der Waals surface area contributed by atoms with Gasteiger partial charge in [0, 0.05) is 13.0 Å². The number of benzene rings is 1. The molecular weight excluding hydrogens is 230 g/mol. The second-order valence-electron chi connectivity index (χ2n) is 4.86. The third kappa shape index (κ3) is 5.08. The van der Waals surface area contributed by atoms with Crippen LogP contribution in [0, 0.1) is 5.92 Å². The number of nitrogens with one attached hydrogen (secondary N) is 1. The van der Waals surface area contributed by atoms with Crippen molar-refractivity contribution in [3.63, 3.8) is 0 Å². The molecule has 3 N–H and O–H groups in total. The van der Waals surface area contributed by atoms with E-state index in [0.717, 1.165) is 12.0 Å². The molecule has 1 rings (SSSR count). The van der Waals surface area contributed by atoms with Crippen LogP contribution in [-0.2, 0) is 11.2 Å². The largest absolute Gasteiger partial charge is 0.504 e. The molecule has 0 aliphatic carbocycles. The Morgan fingerprint density at radius 2 is 2.00 bits per heavy atom. The number of aryl methyl sites for hydroxylation is 1. The molecule has 0 atom stereocenters. The third-order valence-corrected chi connectivity index (χ3v) is 2.72. The molecule has 0 spiro atoms. The van der Waals surface area contributed by atoms with Gasteiger partial charge in [0.1, 0.15) is 0 Å². The second-order valence-corrected chi connectivity index (χ2v) is 4.86. The summed E-state index contributed by atoms with van der Waals surface area (Å²) in [5.74, 6) is 0.315. The van der Waals surface area contributed by atoms with Crippen LogP contribution in [-0.4, -0.2) is 22.7 Å². The molecule has 1 aromatic rings. The van der Waals surface area contributed by atoms with Gasteiger partial charge in [0.25, 0.3) is 0 Å². The third-order valence-electron chi connectivity index (χ3n) is 2.72. The van der Waals surface area contributed by atoms with E-state index >= 15 is 0 Å². The van der Waals surface area contributed by atoms with Gasteiger partial charge in [0.15, 0.2) is 11.5 Å². The molecule has 100 valence electrons. The average Bonchev–Trinajstić information content (AvgIpc) is 2.30. The Kier molecular flexibility index (Phi) is 5.49. The minimum Gasteiger partial charge on any atom is -0.504 e. The van der Waals surface area contributed by atoms with Gasteiger partial charge in [-0.3, -0.25) is 4.79 Å². The van der Waals surface area contributed by atoms with Crippen LogP contribution < -0.4 is 5.32 Å². The summed E-state index contributed by atoms with van der Waals surface area (Å²) in [5, 5.41) is 21.3. The lowest BCUT2D eigenvalue weighted by atomic mass is 10.1. The molecule has 0 aliphatic heterocycles. The average molecular weight is 251 g/mol. The van der Waals surface area contributed by atoms with Gasteiger partial charge in [-0.25, -0.2) is 0 Å².